The molecule has 0 aliphatic heterocycles. The first kappa shape index (κ1) is 19.5. The fourth-order valence-electron chi connectivity index (χ4n) is 6.55. The number of rotatable bonds is 2. The van der Waals surface area contributed by atoms with E-state index in [1.54, 1.807) is 24.3 Å². The molecule has 0 heterocycles. The van der Waals surface area contributed by atoms with Gasteiger partial charge in [0.25, 0.3) is 0 Å². The molecule has 2 saturated carbocycles. The van der Waals surface area contributed by atoms with Crippen LogP contribution in [0.25, 0.3) is 6.08 Å². The molecule has 0 saturated heterocycles. The van der Waals surface area contributed by atoms with E-state index in [4.69, 9.17) is 5.73 Å². The van der Waals surface area contributed by atoms with Crippen LogP contribution in [0.5, 0.6) is 0 Å². The Balaban J connectivity index is 1.47. The minimum absolute atomic E-state index is 0.133. The summed E-state index contributed by atoms with van der Waals surface area (Å²) >= 11 is 0. The van der Waals surface area contributed by atoms with Crippen molar-refractivity contribution in [3.05, 3.63) is 76.1 Å². The Labute approximate surface area is 176 Å². The second-order valence-electron chi connectivity index (χ2n) is 9.62. The number of aliphatic hydroxyl groups is 1. The Bertz CT molecular complexity index is 1050. The summed E-state index contributed by atoms with van der Waals surface area (Å²) in [6.07, 6.45) is 6.41. The van der Waals surface area contributed by atoms with Crippen molar-refractivity contribution in [2.45, 2.75) is 51.0 Å². The average Bonchev–Trinajstić information content (AvgIpc) is 2.98. The zero-order valence-electron chi connectivity index (χ0n) is 17.3. The van der Waals surface area contributed by atoms with E-state index in [9.17, 15) is 14.3 Å². The maximum atomic E-state index is 13.7. The monoisotopic (exact) mass is 405 g/mol. The molecule has 30 heavy (non-hydrogen) atoms. The van der Waals surface area contributed by atoms with Crippen LogP contribution >= 0.6 is 0 Å². The van der Waals surface area contributed by atoms with E-state index in [1.807, 2.05) is 24.3 Å². The summed E-state index contributed by atoms with van der Waals surface area (Å²) in [7, 11) is 0. The summed E-state index contributed by atoms with van der Waals surface area (Å²) in [5.41, 5.74) is 10.2. The SMILES string of the molecule is C[C@]12CC[C@@H]3c4ccc(F)cc4CCC3[C@@H]1C/C(=C\c1cccc(C(N)=O)c1)[C@@H]2O. The fourth-order valence-corrected chi connectivity index (χ4v) is 6.55. The van der Waals surface area contributed by atoms with Gasteiger partial charge in [-0.1, -0.05) is 31.2 Å². The van der Waals surface area contributed by atoms with Gasteiger partial charge in [-0.25, -0.2) is 4.39 Å². The molecule has 0 spiro atoms. The van der Waals surface area contributed by atoms with E-state index in [-0.39, 0.29) is 11.2 Å². The third-order valence-corrected chi connectivity index (χ3v) is 8.08. The van der Waals surface area contributed by atoms with Gasteiger partial charge in [-0.2, -0.15) is 0 Å². The smallest absolute Gasteiger partial charge is 0.248 e. The highest BCUT2D eigenvalue weighted by atomic mass is 19.1. The first-order valence-electron chi connectivity index (χ1n) is 10.9. The summed E-state index contributed by atoms with van der Waals surface area (Å²) in [5, 5.41) is 11.3. The number of amides is 1. The van der Waals surface area contributed by atoms with Crippen molar-refractivity contribution in [1.82, 2.24) is 0 Å². The average molecular weight is 406 g/mol. The molecule has 2 aromatic rings. The number of carbonyl (C=O) groups excluding carboxylic acids is 1. The highest BCUT2D eigenvalue weighted by molar-refractivity contribution is 5.93. The van der Waals surface area contributed by atoms with Crippen molar-refractivity contribution in [1.29, 1.82) is 0 Å². The molecule has 3 aliphatic rings. The number of primary amides is 1. The quantitative estimate of drug-likeness (QED) is 0.751. The Morgan fingerprint density at radius 1 is 1.23 bits per heavy atom. The normalized spacial score (nSPS) is 33.6. The lowest BCUT2D eigenvalue weighted by atomic mass is 9.55. The van der Waals surface area contributed by atoms with Crippen molar-refractivity contribution >= 4 is 12.0 Å². The summed E-state index contributed by atoms with van der Waals surface area (Å²) in [4.78, 5) is 11.5. The molecule has 1 amide bonds. The molecule has 2 fully saturated rings. The van der Waals surface area contributed by atoms with E-state index in [2.05, 4.69) is 6.92 Å². The van der Waals surface area contributed by atoms with Crippen molar-refractivity contribution < 1.29 is 14.3 Å². The number of benzene rings is 2. The van der Waals surface area contributed by atoms with Gasteiger partial charge in [0, 0.05) is 11.0 Å². The molecule has 2 aromatic carbocycles. The van der Waals surface area contributed by atoms with Crippen LogP contribution in [-0.2, 0) is 6.42 Å². The number of carbonyl (C=O) groups is 1. The molecule has 0 bridgehead atoms. The third kappa shape index (κ3) is 3.01. The molecule has 4 heteroatoms. The van der Waals surface area contributed by atoms with E-state index in [0.717, 1.165) is 48.8 Å². The lowest BCUT2D eigenvalue weighted by Crippen LogP contribution is -2.44. The summed E-state index contributed by atoms with van der Waals surface area (Å²) in [6, 6.07) is 12.6. The molecule has 1 unspecified atom stereocenters. The van der Waals surface area contributed by atoms with Gasteiger partial charge in [-0.05, 0) is 96.4 Å². The van der Waals surface area contributed by atoms with Crippen LogP contribution in [0.2, 0.25) is 0 Å². The molecule has 0 aromatic heterocycles. The molecule has 3 N–H and O–H groups in total. The zero-order chi connectivity index (χ0) is 21.0. The third-order valence-electron chi connectivity index (χ3n) is 8.08. The summed E-state index contributed by atoms with van der Waals surface area (Å²) in [6.45, 7) is 2.24. The lowest BCUT2D eigenvalue weighted by Gasteiger charge is -2.49. The van der Waals surface area contributed by atoms with Crippen LogP contribution in [0.1, 0.15) is 65.6 Å². The van der Waals surface area contributed by atoms with Gasteiger partial charge in [0.15, 0.2) is 0 Å². The van der Waals surface area contributed by atoms with Gasteiger partial charge in [-0.3, -0.25) is 4.79 Å². The number of aliphatic hydroxyl groups excluding tert-OH is 1. The van der Waals surface area contributed by atoms with Crippen LogP contribution in [0.3, 0.4) is 0 Å². The van der Waals surface area contributed by atoms with Crippen LogP contribution < -0.4 is 5.73 Å². The minimum atomic E-state index is -0.477. The summed E-state index contributed by atoms with van der Waals surface area (Å²) < 4.78 is 13.7. The Morgan fingerprint density at radius 3 is 2.87 bits per heavy atom. The molecule has 0 radical (unpaired) electrons. The van der Waals surface area contributed by atoms with Crippen LogP contribution in [-0.4, -0.2) is 17.1 Å². The molecular formula is C26H28FNO2. The Hall–Kier alpha value is -2.46. The first-order chi connectivity index (χ1) is 14.4. The standard InChI is InChI=1S/C26H28FNO2/c1-26-10-9-21-20-8-6-19(27)13-16(20)5-7-22(21)23(26)14-18(24(26)29)12-15-3-2-4-17(11-15)25(28)30/h2-4,6,8,11-13,21-24,29H,5,7,9-10,14H2,1H3,(H2,28,30)/b18-12+/t21-,22?,23+,24+,26+/m1/s1. The maximum absolute atomic E-state index is 13.7. The van der Waals surface area contributed by atoms with Crippen LogP contribution in [0.15, 0.2) is 48.0 Å². The largest absolute Gasteiger partial charge is 0.388 e. The van der Waals surface area contributed by atoms with E-state index >= 15 is 0 Å². The predicted molar refractivity (Wildman–Crippen MR) is 115 cm³/mol. The van der Waals surface area contributed by atoms with Crippen molar-refractivity contribution in [3.63, 3.8) is 0 Å². The maximum Gasteiger partial charge on any atom is 0.248 e. The van der Waals surface area contributed by atoms with E-state index in [0.29, 0.717) is 23.3 Å². The molecular weight excluding hydrogens is 377 g/mol. The van der Waals surface area contributed by atoms with Gasteiger partial charge >= 0.3 is 0 Å². The number of hydrogen-bond donors (Lipinski definition) is 2. The van der Waals surface area contributed by atoms with E-state index in [1.165, 1.54) is 5.56 Å². The number of aryl methyl sites for hydroxylation is 1. The Kier molecular flexibility index (Phi) is 4.59. The van der Waals surface area contributed by atoms with Crippen molar-refractivity contribution in [3.8, 4) is 0 Å². The molecule has 3 aliphatic carbocycles. The second kappa shape index (κ2) is 7.05. The molecule has 5 atom stereocenters. The molecule has 3 nitrogen and oxygen atoms in total. The van der Waals surface area contributed by atoms with Gasteiger partial charge in [-0.15, -0.1) is 0 Å². The van der Waals surface area contributed by atoms with Gasteiger partial charge < -0.3 is 10.8 Å². The number of fused-ring (bicyclic) bond motifs is 5. The molecule has 156 valence electrons. The Morgan fingerprint density at radius 2 is 2.07 bits per heavy atom. The minimum Gasteiger partial charge on any atom is -0.388 e. The highest BCUT2D eigenvalue weighted by Gasteiger charge is 2.56. The second-order valence-corrected chi connectivity index (χ2v) is 9.62. The summed E-state index contributed by atoms with van der Waals surface area (Å²) in [5.74, 6) is 0.793. The van der Waals surface area contributed by atoms with Crippen LogP contribution in [0.4, 0.5) is 4.39 Å². The topological polar surface area (TPSA) is 63.3 Å². The van der Waals surface area contributed by atoms with E-state index < -0.39 is 12.0 Å². The number of nitrogens with two attached hydrogens (primary N) is 1. The highest BCUT2D eigenvalue weighted by Crippen LogP contribution is 2.62. The van der Waals surface area contributed by atoms with Gasteiger partial charge in [0.1, 0.15) is 5.82 Å². The van der Waals surface area contributed by atoms with Crippen molar-refractivity contribution in [2.24, 2.45) is 23.0 Å². The van der Waals surface area contributed by atoms with Gasteiger partial charge in [0.2, 0.25) is 5.91 Å². The van der Waals surface area contributed by atoms with Gasteiger partial charge in [0.05, 0.1) is 6.10 Å². The number of hydrogen-bond acceptors (Lipinski definition) is 2. The fraction of sp³-hybridized carbons (Fsp3) is 0.423. The van der Waals surface area contributed by atoms with Crippen LogP contribution in [0, 0.1) is 23.1 Å². The number of halogens is 1. The predicted octanol–water partition coefficient (Wildman–Crippen LogP) is 4.84. The molecule has 5 rings (SSSR count). The zero-order valence-corrected chi connectivity index (χ0v) is 17.3. The first-order valence-corrected chi connectivity index (χ1v) is 10.9. The lowest BCUT2D eigenvalue weighted by molar-refractivity contribution is -0.0158. The van der Waals surface area contributed by atoms with Crippen molar-refractivity contribution in [2.75, 3.05) is 0 Å².